The Balaban J connectivity index is 2.89. The number of ether oxygens (including phenoxy) is 1. The second-order valence-corrected chi connectivity index (χ2v) is 7.36. The van der Waals surface area contributed by atoms with E-state index < -0.39 is 17.7 Å². The summed E-state index contributed by atoms with van der Waals surface area (Å²) in [7, 11) is 0. The maximum Gasteiger partial charge on any atom is 0.408 e. The summed E-state index contributed by atoms with van der Waals surface area (Å²) in [4.78, 5) is 26.8. The predicted octanol–water partition coefficient (Wildman–Crippen LogP) is 3.75. The quantitative estimate of drug-likeness (QED) is 0.765. The number of hydrogen-bond acceptors (Lipinski definition) is 3. The van der Waals surface area contributed by atoms with Gasteiger partial charge in [-0.15, -0.1) is 6.58 Å². The minimum atomic E-state index is -0.654. The van der Waals surface area contributed by atoms with E-state index in [0.717, 1.165) is 5.56 Å². The van der Waals surface area contributed by atoms with Crippen LogP contribution < -0.4 is 5.32 Å². The molecule has 25 heavy (non-hydrogen) atoms. The molecule has 1 aromatic rings. The van der Waals surface area contributed by atoms with E-state index in [1.165, 1.54) is 0 Å². The third-order valence-corrected chi connectivity index (χ3v) is 3.48. The fourth-order valence-corrected chi connectivity index (χ4v) is 2.34. The first-order valence-corrected chi connectivity index (χ1v) is 8.57. The molecule has 0 saturated heterocycles. The summed E-state index contributed by atoms with van der Waals surface area (Å²) in [5, 5.41) is 2.71. The topological polar surface area (TPSA) is 58.6 Å². The molecule has 1 atom stereocenters. The van der Waals surface area contributed by atoms with Gasteiger partial charge < -0.3 is 15.0 Å². The van der Waals surface area contributed by atoms with Crippen LogP contribution in [-0.4, -0.2) is 35.1 Å². The van der Waals surface area contributed by atoms with E-state index in [1.54, 1.807) is 31.7 Å². The van der Waals surface area contributed by atoms with E-state index in [1.807, 2.05) is 44.2 Å². The van der Waals surface area contributed by atoms with Gasteiger partial charge in [-0.05, 0) is 32.3 Å². The normalized spacial score (nSPS) is 12.4. The zero-order valence-electron chi connectivity index (χ0n) is 15.9. The Morgan fingerprint density at radius 1 is 1.24 bits per heavy atom. The summed E-state index contributed by atoms with van der Waals surface area (Å²) in [5.74, 6) is -0.215. The monoisotopic (exact) mass is 346 g/mol. The van der Waals surface area contributed by atoms with Crippen LogP contribution in [0.5, 0.6) is 0 Å². The van der Waals surface area contributed by atoms with Crippen molar-refractivity contribution in [2.24, 2.45) is 5.92 Å². The number of nitrogens with zero attached hydrogens (tertiary/aromatic N) is 1. The Bertz CT molecular complexity index is 576. The standard InChI is InChI=1S/C20H30N2O3/c1-7-13-22(14-16-11-9-8-10-12-16)18(23)17(15(2)3)21-19(24)25-20(4,5)6/h7-12,15,17H,1,13-14H2,2-6H3,(H,21,24)/t17-/m0/s1. The van der Waals surface area contributed by atoms with E-state index in [-0.39, 0.29) is 11.8 Å². The van der Waals surface area contributed by atoms with Crippen LogP contribution in [0.1, 0.15) is 40.2 Å². The SMILES string of the molecule is C=CCN(Cc1ccccc1)C(=O)[C@@H](NC(=O)OC(C)(C)C)C(C)C. The summed E-state index contributed by atoms with van der Waals surface area (Å²) in [6.45, 7) is 13.8. The van der Waals surface area contributed by atoms with Crippen molar-refractivity contribution in [2.45, 2.75) is 52.8 Å². The van der Waals surface area contributed by atoms with E-state index in [4.69, 9.17) is 4.74 Å². The number of amides is 2. The van der Waals surface area contributed by atoms with Gasteiger partial charge in [0.1, 0.15) is 11.6 Å². The minimum Gasteiger partial charge on any atom is -0.444 e. The maximum absolute atomic E-state index is 13.0. The highest BCUT2D eigenvalue weighted by molar-refractivity contribution is 5.86. The molecular formula is C20H30N2O3. The number of hydrogen-bond donors (Lipinski definition) is 1. The zero-order valence-corrected chi connectivity index (χ0v) is 15.9. The van der Waals surface area contributed by atoms with Crippen LogP contribution in [0.4, 0.5) is 4.79 Å². The minimum absolute atomic E-state index is 0.0666. The Labute approximate surface area is 151 Å². The highest BCUT2D eigenvalue weighted by Crippen LogP contribution is 2.13. The van der Waals surface area contributed by atoms with Crippen LogP contribution in [0.3, 0.4) is 0 Å². The lowest BCUT2D eigenvalue weighted by atomic mass is 10.0. The van der Waals surface area contributed by atoms with Crippen molar-refractivity contribution in [3.63, 3.8) is 0 Å². The average Bonchev–Trinajstić information content (AvgIpc) is 2.50. The second kappa shape index (κ2) is 9.25. The fourth-order valence-electron chi connectivity index (χ4n) is 2.34. The van der Waals surface area contributed by atoms with E-state index >= 15 is 0 Å². The molecule has 0 heterocycles. The van der Waals surface area contributed by atoms with Crippen LogP contribution in [-0.2, 0) is 16.1 Å². The van der Waals surface area contributed by atoms with Crippen molar-refractivity contribution >= 4 is 12.0 Å². The molecule has 0 aliphatic heterocycles. The van der Waals surface area contributed by atoms with Gasteiger partial charge in [0.05, 0.1) is 0 Å². The summed E-state index contributed by atoms with van der Waals surface area (Å²) in [6.07, 6.45) is 1.10. The van der Waals surface area contributed by atoms with Gasteiger partial charge in [0.25, 0.3) is 0 Å². The van der Waals surface area contributed by atoms with Gasteiger partial charge in [0.15, 0.2) is 0 Å². The Morgan fingerprint density at radius 3 is 2.32 bits per heavy atom. The molecule has 1 N–H and O–H groups in total. The van der Waals surface area contributed by atoms with Gasteiger partial charge in [-0.2, -0.15) is 0 Å². The van der Waals surface area contributed by atoms with Crippen LogP contribution in [0.2, 0.25) is 0 Å². The summed E-state index contributed by atoms with van der Waals surface area (Å²) >= 11 is 0. The smallest absolute Gasteiger partial charge is 0.408 e. The molecule has 5 heteroatoms. The molecular weight excluding hydrogens is 316 g/mol. The van der Waals surface area contributed by atoms with Crippen molar-refractivity contribution in [1.29, 1.82) is 0 Å². The molecule has 1 aromatic carbocycles. The molecule has 0 aliphatic carbocycles. The molecule has 1 rings (SSSR count). The van der Waals surface area contributed by atoms with Crippen molar-refractivity contribution in [1.82, 2.24) is 10.2 Å². The van der Waals surface area contributed by atoms with E-state index in [9.17, 15) is 9.59 Å². The number of carbonyl (C=O) groups is 2. The molecule has 2 amide bonds. The molecule has 0 fully saturated rings. The lowest BCUT2D eigenvalue weighted by molar-refractivity contribution is -0.134. The maximum atomic E-state index is 13.0. The Kier molecular flexibility index (Phi) is 7.68. The molecule has 0 radical (unpaired) electrons. The molecule has 0 bridgehead atoms. The lowest BCUT2D eigenvalue weighted by Gasteiger charge is -2.30. The number of nitrogens with one attached hydrogen (secondary N) is 1. The van der Waals surface area contributed by atoms with Crippen molar-refractivity contribution in [3.8, 4) is 0 Å². The van der Waals surface area contributed by atoms with E-state index in [2.05, 4.69) is 11.9 Å². The lowest BCUT2D eigenvalue weighted by Crippen LogP contribution is -2.52. The van der Waals surface area contributed by atoms with Crippen molar-refractivity contribution in [3.05, 3.63) is 48.6 Å². The third-order valence-electron chi connectivity index (χ3n) is 3.48. The van der Waals surface area contributed by atoms with Crippen LogP contribution >= 0.6 is 0 Å². The van der Waals surface area contributed by atoms with Gasteiger partial charge in [-0.1, -0.05) is 50.3 Å². The summed E-state index contributed by atoms with van der Waals surface area (Å²) in [5.41, 5.74) is 0.414. The molecule has 0 aliphatic rings. The summed E-state index contributed by atoms with van der Waals surface area (Å²) < 4.78 is 5.29. The zero-order chi connectivity index (χ0) is 19.0. The van der Waals surface area contributed by atoms with Gasteiger partial charge >= 0.3 is 6.09 Å². The van der Waals surface area contributed by atoms with Crippen LogP contribution in [0, 0.1) is 5.92 Å². The molecule has 0 unspecified atom stereocenters. The molecule has 5 nitrogen and oxygen atoms in total. The Morgan fingerprint density at radius 2 is 1.84 bits per heavy atom. The molecule has 138 valence electrons. The van der Waals surface area contributed by atoms with E-state index in [0.29, 0.717) is 13.1 Å². The number of rotatable bonds is 7. The largest absolute Gasteiger partial charge is 0.444 e. The first kappa shape index (κ1) is 20.7. The predicted molar refractivity (Wildman–Crippen MR) is 100 cm³/mol. The van der Waals surface area contributed by atoms with Crippen molar-refractivity contribution < 1.29 is 14.3 Å². The molecule has 0 aromatic heterocycles. The average molecular weight is 346 g/mol. The van der Waals surface area contributed by atoms with Gasteiger partial charge in [-0.3, -0.25) is 4.79 Å². The van der Waals surface area contributed by atoms with Crippen molar-refractivity contribution in [2.75, 3.05) is 6.54 Å². The van der Waals surface area contributed by atoms with Gasteiger partial charge in [-0.25, -0.2) is 4.79 Å². The second-order valence-electron chi connectivity index (χ2n) is 7.36. The molecule has 0 saturated carbocycles. The highest BCUT2D eigenvalue weighted by Gasteiger charge is 2.30. The number of benzene rings is 1. The first-order chi connectivity index (χ1) is 11.6. The van der Waals surface area contributed by atoms with Gasteiger partial charge in [0, 0.05) is 13.1 Å². The first-order valence-electron chi connectivity index (χ1n) is 8.57. The third kappa shape index (κ3) is 7.42. The fraction of sp³-hybridized carbons (Fsp3) is 0.500. The van der Waals surface area contributed by atoms with Crippen LogP contribution in [0.15, 0.2) is 43.0 Å². The highest BCUT2D eigenvalue weighted by atomic mass is 16.6. The van der Waals surface area contributed by atoms with Gasteiger partial charge in [0.2, 0.25) is 5.91 Å². The molecule has 0 spiro atoms. The Hall–Kier alpha value is -2.30. The number of carbonyl (C=O) groups excluding carboxylic acids is 2. The van der Waals surface area contributed by atoms with Crippen LogP contribution in [0.25, 0.3) is 0 Å². The number of alkyl carbamates (subject to hydrolysis) is 1. The summed E-state index contributed by atoms with van der Waals surface area (Å²) in [6, 6.07) is 9.09.